The molecule has 2 aromatic carbocycles. The number of amides is 2. The fourth-order valence-corrected chi connectivity index (χ4v) is 2.65. The number of benzene rings is 2. The molecule has 0 aromatic heterocycles. The van der Waals surface area contributed by atoms with Crippen molar-refractivity contribution in [3.8, 4) is 0 Å². The number of nitrogens with one attached hydrogen (secondary N) is 1. The third kappa shape index (κ3) is 4.61. The van der Waals surface area contributed by atoms with Crippen LogP contribution in [0.3, 0.4) is 0 Å². The number of halogens is 3. The van der Waals surface area contributed by atoms with Gasteiger partial charge in [0.05, 0.1) is 21.4 Å². The molecular weight excluding hydrogens is 359 g/mol. The zero-order chi connectivity index (χ0) is 17.0. The highest BCUT2D eigenvalue weighted by atomic mass is 35.5. The number of hydrogen-bond acceptors (Lipinski definition) is 2. The summed E-state index contributed by atoms with van der Waals surface area (Å²) < 4.78 is 0. The minimum atomic E-state index is -0.399. The number of carbonyl (C=O) groups is 2. The first-order valence-corrected chi connectivity index (χ1v) is 7.79. The van der Waals surface area contributed by atoms with Crippen LogP contribution in [0.1, 0.15) is 6.92 Å². The monoisotopic (exact) mass is 370 g/mol. The van der Waals surface area contributed by atoms with E-state index >= 15 is 0 Å². The van der Waals surface area contributed by atoms with E-state index in [1.807, 2.05) is 0 Å². The van der Waals surface area contributed by atoms with E-state index in [0.29, 0.717) is 26.4 Å². The van der Waals surface area contributed by atoms with Crippen molar-refractivity contribution < 1.29 is 9.59 Å². The molecule has 0 unspecified atom stereocenters. The smallest absolute Gasteiger partial charge is 0.244 e. The minimum Gasteiger partial charge on any atom is -0.323 e. The lowest BCUT2D eigenvalue weighted by atomic mass is 10.2. The van der Waals surface area contributed by atoms with Crippen LogP contribution in [0.2, 0.25) is 15.1 Å². The maximum Gasteiger partial charge on any atom is 0.244 e. The normalized spacial score (nSPS) is 10.3. The van der Waals surface area contributed by atoms with Crippen molar-refractivity contribution in [3.05, 3.63) is 57.5 Å². The molecule has 0 bridgehead atoms. The van der Waals surface area contributed by atoms with Crippen molar-refractivity contribution in [1.82, 2.24) is 0 Å². The topological polar surface area (TPSA) is 49.4 Å². The lowest BCUT2D eigenvalue weighted by Crippen LogP contribution is -2.36. The summed E-state index contributed by atoms with van der Waals surface area (Å²) in [6.07, 6.45) is 0. The van der Waals surface area contributed by atoms with E-state index in [-0.39, 0.29) is 12.5 Å². The number of nitrogens with zero attached hydrogens (tertiary/aromatic N) is 1. The van der Waals surface area contributed by atoms with Gasteiger partial charge in [-0.05, 0) is 30.3 Å². The Morgan fingerprint density at radius 1 is 1.04 bits per heavy atom. The standard InChI is InChI=1S/C16H13Cl3N2O2/c1-10(22)21(15-5-3-2-4-12(15)18)9-16(23)20-14-7-6-11(17)8-13(14)19/h2-8H,9H2,1H3,(H,20,23). The minimum absolute atomic E-state index is 0.183. The average Bonchev–Trinajstić information content (AvgIpc) is 2.48. The number of hydrogen-bond donors (Lipinski definition) is 1. The first-order valence-electron chi connectivity index (χ1n) is 6.66. The van der Waals surface area contributed by atoms with Gasteiger partial charge in [-0.2, -0.15) is 0 Å². The second-order valence-corrected chi connectivity index (χ2v) is 5.98. The molecule has 2 aromatic rings. The lowest BCUT2D eigenvalue weighted by molar-refractivity contribution is -0.120. The second-order valence-electron chi connectivity index (χ2n) is 4.73. The average molecular weight is 372 g/mol. The van der Waals surface area contributed by atoms with Gasteiger partial charge in [-0.25, -0.2) is 0 Å². The van der Waals surface area contributed by atoms with Crippen molar-refractivity contribution in [2.24, 2.45) is 0 Å². The Kier molecular flexibility index (Phi) is 5.88. The van der Waals surface area contributed by atoms with Crippen molar-refractivity contribution in [3.63, 3.8) is 0 Å². The van der Waals surface area contributed by atoms with Crippen molar-refractivity contribution in [2.75, 3.05) is 16.8 Å². The quantitative estimate of drug-likeness (QED) is 0.851. The van der Waals surface area contributed by atoms with Crippen molar-refractivity contribution >= 4 is 58.0 Å². The van der Waals surface area contributed by atoms with Crippen LogP contribution < -0.4 is 10.2 Å². The summed E-state index contributed by atoms with van der Waals surface area (Å²) in [6, 6.07) is 11.5. The van der Waals surface area contributed by atoms with Crippen LogP contribution in [0.4, 0.5) is 11.4 Å². The van der Waals surface area contributed by atoms with E-state index in [1.54, 1.807) is 36.4 Å². The fourth-order valence-electron chi connectivity index (χ4n) is 1.96. The molecule has 0 saturated heterocycles. The van der Waals surface area contributed by atoms with Gasteiger partial charge in [0.25, 0.3) is 0 Å². The molecule has 120 valence electrons. The Labute approximate surface area is 148 Å². The summed E-state index contributed by atoms with van der Waals surface area (Å²) in [4.78, 5) is 25.3. The molecule has 0 atom stereocenters. The molecule has 0 heterocycles. The zero-order valence-corrected chi connectivity index (χ0v) is 14.4. The van der Waals surface area contributed by atoms with E-state index in [2.05, 4.69) is 5.32 Å². The second kappa shape index (κ2) is 7.68. The largest absolute Gasteiger partial charge is 0.323 e. The molecule has 1 N–H and O–H groups in total. The van der Waals surface area contributed by atoms with E-state index in [4.69, 9.17) is 34.8 Å². The summed E-state index contributed by atoms with van der Waals surface area (Å²) in [7, 11) is 0. The SMILES string of the molecule is CC(=O)N(CC(=O)Nc1ccc(Cl)cc1Cl)c1ccccc1Cl. The van der Waals surface area contributed by atoms with Crippen LogP contribution in [0, 0.1) is 0 Å². The highest BCUT2D eigenvalue weighted by Gasteiger charge is 2.18. The molecule has 7 heteroatoms. The summed E-state index contributed by atoms with van der Waals surface area (Å²) in [5, 5.41) is 3.82. The molecule has 0 spiro atoms. The Morgan fingerprint density at radius 2 is 1.74 bits per heavy atom. The molecule has 0 radical (unpaired) electrons. The first kappa shape index (κ1) is 17.6. The fraction of sp³-hybridized carbons (Fsp3) is 0.125. The lowest BCUT2D eigenvalue weighted by Gasteiger charge is -2.22. The maximum absolute atomic E-state index is 12.2. The molecule has 0 aliphatic rings. The zero-order valence-electron chi connectivity index (χ0n) is 12.1. The van der Waals surface area contributed by atoms with Crippen LogP contribution >= 0.6 is 34.8 Å². The predicted molar refractivity (Wildman–Crippen MR) is 94.6 cm³/mol. The third-order valence-corrected chi connectivity index (χ3v) is 3.90. The van der Waals surface area contributed by atoms with Crippen molar-refractivity contribution in [2.45, 2.75) is 6.92 Å². The van der Waals surface area contributed by atoms with Gasteiger partial charge in [-0.3, -0.25) is 9.59 Å². The van der Waals surface area contributed by atoms with Crippen LogP contribution in [0.25, 0.3) is 0 Å². The predicted octanol–water partition coefficient (Wildman–Crippen LogP) is 4.64. The molecule has 0 aliphatic heterocycles. The summed E-state index contributed by atoms with van der Waals surface area (Å²) in [6.45, 7) is 1.18. The van der Waals surface area contributed by atoms with Gasteiger partial charge in [0.15, 0.2) is 0 Å². The van der Waals surface area contributed by atoms with E-state index < -0.39 is 5.91 Å². The summed E-state index contributed by atoms with van der Waals surface area (Å²) in [5.74, 6) is -0.695. The maximum atomic E-state index is 12.2. The van der Waals surface area contributed by atoms with Crippen LogP contribution in [-0.4, -0.2) is 18.4 Å². The molecule has 23 heavy (non-hydrogen) atoms. The number of para-hydroxylation sites is 1. The van der Waals surface area contributed by atoms with Crippen LogP contribution in [-0.2, 0) is 9.59 Å². The summed E-state index contributed by atoms with van der Waals surface area (Å²) in [5.41, 5.74) is 0.891. The van der Waals surface area contributed by atoms with Crippen LogP contribution in [0.15, 0.2) is 42.5 Å². The Bertz CT molecular complexity index is 750. The van der Waals surface area contributed by atoms with Crippen LogP contribution in [0.5, 0.6) is 0 Å². The molecule has 0 aliphatic carbocycles. The van der Waals surface area contributed by atoms with Gasteiger partial charge in [0.2, 0.25) is 11.8 Å². The van der Waals surface area contributed by atoms with Gasteiger partial charge in [-0.1, -0.05) is 46.9 Å². The molecule has 2 amide bonds. The number of rotatable bonds is 4. The number of anilines is 2. The van der Waals surface area contributed by atoms with Gasteiger partial charge < -0.3 is 10.2 Å². The first-order chi connectivity index (χ1) is 10.9. The van der Waals surface area contributed by atoms with Gasteiger partial charge in [0.1, 0.15) is 6.54 Å². The third-order valence-electron chi connectivity index (χ3n) is 3.03. The Balaban J connectivity index is 2.16. The molecular formula is C16H13Cl3N2O2. The highest BCUT2D eigenvalue weighted by molar-refractivity contribution is 6.36. The van der Waals surface area contributed by atoms with E-state index in [1.165, 1.54) is 17.9 Å². The van der Waals surface area contributed by atoms with Gasteiger partial charge >= 0.3 is 0 Å². The number of carbonyl (C=O) groups excluding carboxylic acids is 2. The Hall–Kier alpha value is -1.75. The van der Waals surface area contributed by atoms with Crippen molar-refractivity contribution in [1.29, 1.82) is 0 Å². The molecule has 2 rings (SSSR count). The summed E-state index contributed by atoms with van der Waals surface area (Å²) >= 11 is 17.9. The van der Waals surface area contributed by atoms with E-state index in [0.717, 1.165) is 0 Å². The highest BCUT2D eigenvalue weighted by Crippen LogP contribution is 2.27. The Morgan fingerprint density at radius 3 is 2.35 bits per heavy atom. The molecule has 0 saturated carbocycles. The van der Waals surface area contributed by atoms with Gasteiger partial charge in [-0.15, -0.1) is 0 Å². The molecule has 4 nitrogen and oxygen atoms in total. The molecule has 0 fully saturated rings. The van der Waals surface area contributed by atoms with E-state index in [9.17, 15) is 9.59 Å². The van der Waals surface area contributed by atoms with Gasteiger partial charge in [0, 0.05) is 11.9 Å².